The van der Waals surface area contributed by atoms with Crippen LogP contribution in [0.5, 0.6) is 0 Å². The molecular formula is C46H66O12. The number of rotatable bonds is 6. The summed E-state index contributed by atoms with van der Waals surface area (Å²) in [6, 6.07) is 0. The summed E-state index contributed by atoms with van der Waals surface area (Å²) in [6.07, 6.45) is 12.8. The zero-order valence-electron chi connectivity index (χ0n) is 35.5. The highest BCUT2D eigenvalue weighted by atomic mass is 16.7. The molecule has 7 rings (SSSR count). The molecule has 2 unspecified atom stereocenters. The number of esters is 1. The Labute approximate surface area is 343 Å². The highest BCUT2D eigenvalue weighted by molar-refractivity contribution is 5.80. The number of allylic oxidation sites excluding steroid dienone is 3. The first-order chi connectivity index (χ1) is 27.7. The number of ketones is 1. The second-order valence-corrected chi connectivity index (χ2v) is 18.1. The maximum absolute atomic E-state index is 14.3. The molecule has 6 aliphatic heterocycles. The molecular weight excluding hydrogens is 744 g/mol. The summed E-state index contributed by atoms with van der Waals surface area (Å²) < 4.78 is 51.3. The van der Waals surface area contributed by atoms with Crippen molar-refractivity contribution < 1.29 is 57.7 Å². The van der Waals surface area contributed by atoms with E-state index in [4.69, 9.17) is 37.9 Å². The predicted molar refractivity (Wildman–Crippen MR) is 214 cm³/mol. The molecule has 0 saturated carbocycles. The van der Waals surface area contributed by atoms with Crippen LogP contribution in [-0.2, 0) is 47.5 Å². The Balaban J connectivity index is 1.24. The van der Waals surface area contributed by atoms with Gasteiger partial charge in [-0.1, -0.05) is 76.1 Å². The summed E-state index contributed by atoms with van der Waals surface area (Å²) in [5.41, 5.74) is 0.365. The van der Waals surface area contributed by atoms with Gasteiger partial charge in [-0.3, -0.25) is 9.59 Å². The monoisotopic (exact) mass is 810 g/mol. The molecule has 7 aliphatic rings. The van der Waals surface area contributed by atoms with Gasteiger partial charge in [-0.15, -0.1) is 0 Å². The van der Waals surface area contributed by atoms with Crippen molar-refractivity contribution in [2.24, 2.45) is 29.6 Å². The van der Waals surface area contributed by atoms with Crippen LogP contribution in [0.2, 0.25) is 0 Å². The van der Waals surface area contributed by atoms with E-state index in [9.17, 15) is 19.8 Å². The number of aliphatic hydroxyl groups excluding tert-OH is 1. The molecule has 0 radical (unpaired) electrons. The molecule has 0 aromatic heterocycles. The van der Waals surface area contributed by atoms with Crippen molar-refractivity contribution in [3.05, 3.63) is 59.3 Å². The van der Waals surface area contributed by atoms with E-state index in [1.807, 2.05) is 25.2 Å². The van der Waals surface area contributed by atoms with E-state index in [1.54, 1.807) is 20.1 Å². The Hall–Kier alpha value is -2.52. The van der Waals surface area contributed by atoms with Crippen LogP contribution in [0.4, 0.5) is 0 Å². The van der Waals surface area contributed by atoms with Crippen LogP contribution >= 0.6 is 0 Å². The summed E-state index contributed by atoms with van der Waals surface area (Å²) in [4.78, 5) is 26.1. The van der Waals surface area contributed by atoms with Gasteiger partial charge in [-0.2, -0.15) is 0 Å². The molecule has 12 heteroatoms. The molecule has 0 aromatic rings. The smallest absolute Gasteiger partial charge is 0.316 e. The number of Topliss-reactive ketones (excluding diaryl/α,β-unsaturated/α-hetero) is 1. The van der Waals surface area contributed by atoms with Gasteiger partial charge >= 0.3 is 5.97 Å². The van der Waals surface area contributed by atoms with Gasteiger partial charge < -0.3 is 48.1 Å². The maximum atomic E-state index is 14.3. The van der Waals surface area contributed by atoms with Gasteiger partial charge in [-0.05, 0) is 56.3 Å². The zero-order chi connectivity index (χ0) is 41.5. The van der Waals surface area contributed by atoms with Gasteiger partial charge in [0.05, 0.1) is 37.1 Å². The number of methoxy groups -OCH3 is 1. The standard InChI is InChI=1S/C46H66O12/c1-9-25(2)41-28(5)17-18-45(58-41)22-34-20-33(57-45)15-13-27(4)39(36-21-37(51-8)42(30(7)54-36)56-38-16-14-32(47)24-52-38)26(3)11-10-12-31-23-53-43-40(48)29(6)19-35(44(49)55-34)46(31,43)50/h10-13,17-19,25-26,28,30,33-43,48,50H,9,14-16,20-24H2,1-8H3/b11-10+,27-13+,31-12+/t25-,26+,28+,30+,33-,34+,35+,36?,37+,38?,39+,40-,41-,42+,43-,45-,46-/m1/s1. The predicted octanol–water partition coefficient (Wildman–Crippen LogP) is 5.85. The average molecular weight is 811 g/mol. The molecule has 1 aliphatic carbocycles. The quantitative estimate of drug-likeness (QED) is 0.245. The van der Waals surface area contributed by atoms with Crippen molar-refractivity contribution in [3.8, 4) is 0 Å². The maximum Gasteiger partial charge on any atom is 0.316 e. The third kappa shape index (κ3) is 8.65. The Morgan fingerprint density at radius 3 is 2.52 bits per heavy atom. The number of fused-ring (bicyclic) bond motifs is 2. The topological polar surface area (TPSA) is 148 Å². The van der Waals surface area contributed by atoms with E-state index >= 15 is 0 Å². The van der Waals surface area contributed by atoms with E-state index in [2.05, 4.69) is 52.8 Å². The van der Waals surface area contributed by atoms with E-state index in [-0.39, 0.29) is 79.3 Å². The van der Waals surface area contributed by atoms with Gasteiger partial charge in [0.2, 0.25) is 0 Å². The summed E-state index contributed by atoms with van der Waals surface area (Å²) in [6.45, 7) is 14.7. The number of aliphatic hydroxyl groups is 2. The van der Waals surface area contributed by atoms with Crippen LogP contribution in [0.15, 0.2) is 59.3 Å². The average Bonchev–Trinajstić information content (AvgIpc) is 3.53. The van der Waals surface area contributed by atoms with E-state index in [0.29, 0.717) is 49.7 Å². The molecule has 0 amide bonds. The normalized spacial score (nSPS) is 47.9. The van der Waals surface area contributed by atoms with Crippen LogP contribution in [0.1, 0.15) is 93.4 Å². The first kappa shape index (κ1) is 43.6. The third-order valence-electron chi connectivity index (χ3n) is 14.0. The summed E-state index contributed by atoms with van der Waals surface area (Å²) in [5.74, 6) is -2.32. The Morgan fingerprint density at radius 1 is 1.00 bits per heavy atom. The Bertz CT molecular complexity index is 1660. The summed E-state index contributed by atoms with van der Waals surface area (Å²) in [7, 11) is 1.69. The molecule has 4 fully saturated rings. The SMILES string of the molecule is CC[C@@H](C)[C@H]1O[C@]2(C=C[C@@H]1C)C[C@@H]1C[C@@H](C/C=C(\C)[C@@H](C3C[C@H](OC)[C@@H](OC4CCC(=O)CO4)[C@H](C)O3)[C@@H](C)/C=C/C=C3\CO[C@@H]4[C@H](O)C(C)=C[C@@H](C(=O)O1)[C@]34O)O2. The van der Waals surface area contributed by atoms with Gasteiger partial charge in [0.15, 0.2) is 17.9 Å². The van der Waals surface area contributed by atoms with Crippen molar-refractivity contribution in [2.75, 3.05) is 20.3 Å². The van der Waals surface area contributed by atoms with E-state index < -0.39 is 47.9 Å². The van der Waals surface area contributed by atoms with Crippen molar-refractivity contribution in [1.29, 1.82) is 0 Å². The molecule has 17 atom stereocenters. The zero-order valence-corrected chi connectivity index (χ0v) is 35.5. The third-order valence-corrected chi connectivity index (χ3v) is 14.0. The Kier molecular flexibility index (Phi) is 13.4. The summed E-state index contributed by atoms with van der Waals surface area (Å²) >= 11 is 0. The molecule has 322 valence electrons. The first-order valence-corrected chi connectivity index (χ1v) is 21.6. The number of hydrogen-bond acceptors (Lipinski definition) is 12. The molecule has 1 spiro atoms. The minimum absolute atomic E-state index is 0.0396. The largest absolute Gasteiger partial charge is 0.462 e. The fourth-order valence-electron chi connectivity index (χ4n) is 10.5. The van der Waals surface area contributed by atoms with Crippen molar-refractivity contribution in [2.45, 2.75) is 166 Å². The fourth-order valence-corrected chi connectivity index (χ4v) is 10.5. The van der Waals surface area contributed by atoms with Gasteiger partial charge in [0, 0.05) is 51.0 Å². The molecule has 2 bridgehead atoms. The van der Waals surface area contributed by atoms with Crippen molar-refractivity contribution in [1.82, 2.24) is 0 Å². The highest BCUT2D eigenvalue weighted by Crippen LogP contribution is 2.47. The van der Waals surface area contributed by atoms with E-state index in [0.717, 1.165) is 12.0 Å². The van der Waals surface area contributed by atoms with Crippen molar-refractivity contribution in [3.63, 3.8) is 0 Å². The minimum Gasteiger partial charge on any atom is -0.462 e. The van der Waals surface area contributed by atoms with Crippen LogP contribution in [0.25, 0.3) is 0 Å². The van der Waals surface area contributed by atoms with E-state index in [1.165, 1.54) is 0 Å². The number of carbonyl (C=O) groups excluding carboxylic acids is 2. The second kappa shape index (κ2) is 17.8. The molecule has 0 aromatic carbocycles. The number of hydrogen-bond donors (Lipinski definition) is 2. The second-order valence-electron chi connectivity index (χ2n) is 18.1. The van der Waals surface area contributed by atoms with Crippen LogP contribution in [-0.4, -0.2) is 115 Å². The Morgan fingerprint density at radius 2 is 1.79 bits per heavy atom. The van der Waals surface area contributed by atoms with Crippen LogP contribution < -0.4 is 0 Å². The van der Waals surface area contributed by atoms with Gasteiger partial charge in [0.1, 0.15) is 42.5 Å². The summed E-state index contributed by atoms with van der Waals surface area (Å²) in [5, 5.41) is 23.7. The van der Waals surface area contributed by atoms with Crippen LogP contribution in [0.3, 0.4) is 0 Å². The first-order valence-electron chi connectivity index (χ1n) is 21.6. The molecule has 4 saturated heterocycles. The molecule has 2 N–H and O–H groups in total. The lowest BCUT2D eigenvalue weighted by molar-refractivity contribution is -0.300. The van der Waals surface area contributed by atoms with Gasteiger partial charge in [-0.25, -0.2) is 0 Å². The molecule has 58 heavy (non-hydrogen) atoms. The molecule has 6 heterocycles. The lowest BCUT2D eigenvalue weighted by Gasteiger charge is -2.48. The number of carbonyl (C=O) groups is 2. The van der Waals surface area contributed by atoms with Crippen LogP contribution in [0, 0.1) is 29.6 Å². The lowest BCUT2D eigenvalue weighted by Crippen LogP contribution is -2.58. The van der Waals surface area contributed by atoms with Crippen molar-refractivity contribution >= 4 is 11.8 Å². The lowest BCUT2D eigenvalue weighted by atomic mass is 9.71. The fraction of sp³-hybridized carbons (Fsp3) is 0.739. The number of ether oxygens (including phenoxy) is 8. The minimum atomic E-state index is -1.81. The highest BCUT2D eigenvalue weighted by Gasteiger charge is 2.60. The van der Waals surface area contributed by atoms with Gasteiger partial charge in [0.25, 0.3) is 0 Å². The molecule has 12 nitrogen and oxygen atoms in total.